The molecule has 2 N–H and O–H groups in total. The summed E-state index contributed by atoms with van der Waals surface area (Å²) >= 11 is 7.57. The number of nitrogens with zero attached hydrogens (tertiary/aromatic N) is 2. The predicted octanol–water partition coefficient (Wildman–Crippen LogP) is 3.67. The van der Waals surface area contributed by atoms with Crippen molar-refractivity contribution in [2.45, 2.75) is 19.8 Å². The number of aliphatic imine (C=N–C) groups is 1. The third-order valence-corrected chi connectivity index (χ3v) is 4.26. The average molecular weight is 465 g/mol. The number of hydrogen-bond donors (Lipinski definition) is 2. The molecule has 0 amide bonds. The van der Waals surface area contributed by atoms with Crippen molar-refractivity contribution in [3.05, 3.63) is 50.9 Å². The molecule has 0 bridgehead atoms. The van der Waals surface area contributed by atoms with Crippen molar-refractivity contribution in [3.8, 4) is 0 Å². The Morgan fingerprint density at radius 2 is 1.83 bits per heavy atom. The van der Waals surface area contributed by atoms with E-state index in [0.717, 1.165) is 47.6 Å². The molecule has 1 aromatic carbocycles. The number of rotatable bonds is 6. The van der Waals surface area contributed by atoms with Crippen LogP contribution in [0.4, 0.5) is 0 Å². The molecular weight excluding hydrogens is 443 g/mol. The molecule has 0 aliphatic carbocycles. The molecule has 0 unspecified atom stereocenters. The minimum atomic E-state index is 0. The van der Waals surface area contributed by atoms with Crippen molar-refractivity contribution in [2.24, 2.45) is 4.99 Å². The van der Waals surface area contributed by atoms with Gasteiger partial charge in [-0.1, -0.05) is 23.7 Å². The Labute approximate surface area is 163 Å². The van der Waals surface area contributed by atoms with Crippen molar-refractivity contribution in [1.82, 2.24) is 15.6 Å². The highest BCUT2D eigenvalue weighted by molar-refractivity contribution is 14.0. The number of thiazole rings is 1. The molecular formula is C16H22ClIN4S. The first-order valence-electron chi connectivity index (χ1n) is 7.27. The monoisotopic (exact) mass is 464 g/mol. The zero-order valence-corrected chi connectivity index (χ0v) is 17.2. The van der Waals surface area contributed by atoms with Crippen LogP contribution in [0.5, 0.6) is 0 Å². The fourth-order valence-electron chi connectivity index (χ4n) is 2.03. The lowest BCUT2D eigenvalue weighted by atomic mass is 10.1. The highest BCUT2D eigenvalue weighted by Gasteiger charge is 2.01. The Morgan fingerprint density at radius 1 is 1.17 bits per heavy atom. The molecule has 1 heterocycles. The lowest BCUT2D eigenvalue weighted by Gasteiger charge is -2.11. The SMILES string of the molecule is CN=C(NCCc1ccc(Cl)cc1)NCCc1csc(C)n1.I. The number of benzene rings is 1. The van der Waals surface area contributed by atoms with Crippen LogP contribution in [0.1, 0.15) is 16.3 Å². The number of aromatic nitrogens is 1. The summed E-state index contributed by atoms with van der Waals surface area (Å²) < 4.78 is 0. The molecule has 0 radical (unpaired) electrons. The van der Waals surface area contributed by atoms with E-state index in [-0.39, 0.29) is 24.0 Å². The largest absolute Gasteiger partial charge is 0.356 e. The van der Waals surface area contributed by atoms with E-state index in [1.165, 1.54) is 5.56 Å². The van der Waals surface area contributed by atoms with Gasteiger partial charge in [-0.2, -0.15) is 0 Å². The van der Waals surface area contributed by atoms with Gasteiger partial charge in [0, 0.05) is 37.0 Å². The first-order valence-corrected chi connectivity index (χ1v) is 8.53. The lowest BCUT2D eigenvalue weighted by Crippen LogP contribution is -2.39. The lowest BCUT2D eigenvalue weighted by molar-refractivity contribution is 0.777. The molecule has 0 atom stereocenters. The van der Waals surface area contributed by atoms with Crippen LogP contribution in [-0.2, 0) is 12.8 Å². The standard InChI is InChI=1S/C16H21ClN4S.HI/c1-12-21-15(11-22-12)8-10-20-16(18-2)19-9-7-13-3-5-14(17)6-4-13;/h3-6,11H,7-10H2,1-2H3,(H2,18,19,20);1H. The number of guanidine groups is 1. The number of aryl methyl sites for hydroxylation is 1. The van der Waals surface area contributed by atoms with E-state index in [9.17, 15) is 0 Å². The van der Waals surface area contributed by atoms with Gasteiger partial charge in [-0.15, -0.1) is 35.3 Å². The fourth-order valence-corrected chi connectivity index (χ4v) is 2.80. The molecule has 2 aromatic rings. The first-order chi connectivity index (χ1) is 10.7. The Kier molecular flexibility index (Phi) is 9.50. The number of nitrogens with one attached hydrogen (secondary N) is 2. The second-order valence-electron chi connectivity index (χ2n) is 4.91. The van der Waals surface area contributed by atoms with Gasteiger partial charge in [-0.3, -0.25) is 4.99 Å². The van der Waals surface area contributed by atoms with Crippen LogP contribution in [0.2, 0.25) is 5.02 Å². The minimum absolute atomic E-state index is 0. The molecule has 7 heteroatoms. The van der Waals surface area contributed by atoms with Crippen LogP contribution < -0.4 is 10.6 Å². The number of hydrogen-bond acceptors (Lipinski definition) is 3. The van der Waals surface area contributed by atoms with Crippen molar-refractivity contribution in [2.75, 3.05) is 20.1 Å². The van der Waals surface area contributed by atoms with Gasteiger partial charge in [0.1, 0.15) is 0 Å². The molecule has 4 nitrogen and oxygen atoms in total. The second kappa shape index (κ2) is 10.8. The maximum atomic E-state index is 5.88. The van der Waals surface area contributed by atoms with Crippen LogP contribution in [0.15, 0.2) is 34.6 Å². The summed E-state index contributed by atoms with van der Waals surface area (Å²) in [7, 11) is 1.78. The summed E-state index contributed by atoms with van der Waals surface area (Å²) in [6, 6.07) is 7.93. The first kappa shape index (κ1) is 20.2. The molecule has 0 fully saturated rings. The van der Waals surface area contributed by atoms with Gasteiger partial charge >= 0.3 is 0 Å². The van der Waals surface area contributed by atoms with Gasteiger partial charge in [0.05, 0.1) is 10.7 Å². The zero-order chi connectivity index (χ0) is 15.8. The summed E-state index contributed by atoms with van der Waals surface area (Å²) in [4.78, 5) is 8.67. The maximum Gasteiger partial charge on any atom is 0.190 e. The van der Waals surface area contributed by atoms with E-state index >= 15 is 0 Å². The highest BCUT2D eigenvalue weighted by Crippen LogP contribution is 2.09. The molecule has 23 heavy (non-hydrogen) atoms. The van der Waals surface area contributed by atoms with Gasteiger partial charge in [0.15, 0.2) is 5.96 Å². The molecule has 0 aliphatic heterocycles. The Bertz CT molecular complexity index is 613. The molecule has 0 spiro atoms. The van der Waals surface area contributed by atoms with Crippen LogP contribution >= 0.6 is 46.9 Å². The Hall–Kier alpha value is -0.860. The normalized spacial score (nSPS) is 11.0. The van der Waals surface area contributed by atoms with E-state index < -0.39 is 0 Å². The van der Waals surface area contributed by atoms with Gasteiger partial charge < -0.3 is 10.6 Å². The van der Waals surface area contributed by atoms with Crippen LogP contribution in [0.25, 0.3) is 0 Å². The zero-order valence-electron chi connectivity index (χ0n) is 13.3. The molecule has 0 saturated carbocycles. The van der Waals surface area contributed by atoms with E-state index in [2.05, 4.69) is 26.0 Å². The van der Waals surface area contributed by atoms with Crippen LogP contribution in [0, 0.1) is 6.92 Å². The van der Waals surface area contributed by atoms with Crippen molar-refractivity contribution >= 4 is 52.9 Å². The smallest absolute Gasteiger partial charge is 0.190 e. The summed E-state index contributed by atoms with van der Waals surface area (Å²) in [6.45, 7) is 3.68. The number of halogens is 2. The summed E-state index contributed by atoms with van der Waals surface area (Å²) in [5, 5.41) is 10.6. The fraction of sp³-hybridized carbons (Fsp3) is 0.375. The minimum Gasteiger partial charge on any atom is -0.356 e. The van der Waals surface area contributed by atoms with Crippen LogP contribution in [0.3, 0.4) is 0 Å². The maximum absolute atomic E-state index is 5.88. The summed E-state index contributed by atoms with van der Waals surface area (Å²) in [6.07, 6.45) is 1.84. The molecule has 126 valence electrons. The molecule has 2 rings (SSSR count). The molecule has 0 saturated heterocycles. The van der Waals surface area contributed by atoms with E-state index in [0.29, 0.717) is 0 Å². The Morgan fingerprint density at radius 3 is 2.39 bits per heavy atom. The van der Waals surface area contributed by atoms with Gasteiger partial charge in [0.2, 0.25) is 0 Å². The van der Waals surface area contributed by atoms with E-state index in [4.69, 9.17) is 11.6 Å². The van der Waals surface area contributed by atoms with Crippen molar-refractivity contribution in [1.29, 1.82) is 0 Å². The van der Waals surface area contributed by atoms with Gasteiger partial charge in [-0.05, 0) is 31.0 Å². The summed E-state index contributed by atoms with van der Waals surface area (Å²) in [5.74, 6) is 0.820. The Balaban J connectivity index is 0.00000264. The second-order valence-corrected chi connectivity index (χ2v) is 6.41. The van der Waals surface area contributed by atoms with Gasteiger partial charge in [-0.25, -0.2) is 4.98 Å². The van der Waals surface area contributed by atoms with E-state index in [1.807, 2.05) is 31.2 Å². The highest BCUT2D eigenvalue weighted by atomic mass is 127. The van der Waals surface area contributed by atoms with Crippen LogP contribution in [-0.4, -0.2) is 31.1 Å². The quantitative estimate of drug-likeness (QED) is 0.390. The topological polar surface area (TPSA) is 49.3 Å². The van der Waals surface area contributed by atoms with Gasteiger partial charge in [0.25, 0.3) is 0 Å². The molecule has 1 aromatic heterocycles. The summed E-state index contributed by atoms with van der Waals surface area (Å²) in [5.41, 5.74) is 2.39. The average Bonchev–Trinajstić information content (AvgIpc) is 2.93. The third-order valence-electron chi connectivity index (χ3n) is 3.18. The predicted molar refractivity (Wildman–Crippen MR) is 110 cm³/mol. The third kappa shape index (κ3) is 7.50. The molecule has 0 aliphatic rings. The van der Waals surface area contributed by atoms with Crippen molar-refractivity contribution < 1.29 is 0 Å². The van der Waals surface area contributed by atoms with Crippen molar-refractivity contribution in [3.63, 3.8) is 0 Å². The van der Waals surface area contributed by atoms with E-state index in [1.54, 1.807) is 18.4 Å².